The number of benzene rings is 2. The zero-order chi connectivity index (χ0) is 23.3. The first-order valence-corrected chi connectivity index (χ1v) is 11.0. The van der Waals surface area contributed by atoms with Gasteiger partial charge in [-0.15, -0.1) is 0 Å². The third-order valence-electron chi connectivity index (χ3n) is 5.70. The van der Waals surface area contributed by atoms with Gasteiger partial charge >= 0.3 is 0 Å². The molecule has 172 valence electrons. The molecule has 0 saturated carbocycles. The van der Waals surface area contributed by atoms with E-state index in [4.69, 9.17) is 4.74 Å². The molecule has 1 heterocycles. The summed E-state index contributed by atoms with van der Waals surface area (Å²) in [6.45, 7) is 4.94. The van der Waals surface area contributed by atoms with Crippen LogP contribution in [0.3, 0.4) is 0 Å². The minimum atomic E-state index is -0.327. The molecule has 3 atom stereocenters. The van der Waals surface area contributed by atoms with Crippen molar-refractivity contribution in [3.63, 3.8) is 0 Å². The first kappa shape index (κ1) is 23.8. The maximum atomic E-state index is 13.4. The molecule has 0 fully saturated rings. The molecule has 2 N–H and O–H groups in total. The van der Waals surface area contributed by atoms with Crippen molar-refractivity contribution in [2.75, 3.05) is 39.1 Å². The van der Waals surface area contributed by atoms with E-state index < -0.39 is 0 Å². The van der Waals surface area contributed by atoms with E-state index in [1.54, 1.807) is 23.1 Å². The number of likely N-dealkylation sites (N-methyl/N-ethyl adjacent to an activating group) is 1. The smallest absolute Gasteiger partial charge is 0.258 e. The molecule has 0 bridgehead atoms. The second-order valence-electron chi connectivity index (χ2n) is 8.81. The number of aliphatic hydroxyl groups excluding tert-OH is 1. The fourth-order valence-electron chi connectivity index (χ4n) is 3.86. The third-order valence-corrected chi connectivity index (χ3v) is 5.70. The summed E-state index contributed by atoms with van der Waals surface area (Å²) in [5.41, 5.74) is 1.84. The van der Waals surface area contributed by atoms with Gasteiger partial charge in [0.25, 0.3) is 5.91 Å². The molecule has 0 unspecified atom stereocenters. The topological polar surface area (TPSA) is 82.1 Å². The largest absolute Gasteiger partial charge is 0.488 e. The number of hydrogen-bond acceptors (Lipinski definition) is 5. The average Bonchev–Trinajstić information content (AvgIpc) is 2.76. The van der Waals surface area contributed by atoms with Crippen molar-refractivity contribution >= 4 is 17.5 Å². The molecule has 0 aliphatic carbocycles. The zero-order valence-corrected chi connectivity index (χ0v) is 19.2. The summed E-state index contributed by atoms with van der Waals surface area (Å²) in [5, 5.41) is 12.6. The standard InChI is InChI=1S/C25H33N3O4/c1-17-14-28(18(2)16-29)25(31)21-13-20(10-11-22(21)32-23(17)15-27(3)4)26-24(30)12-19-8-6-5-7-9-19/h5-11,13,17-18,23,29H,12,14-16H2,1-4H3,(H,26,30)/t17-,18-,23+/m0/s1. The van der Waals surface area contributed by atoms with Gasteiger partial charge in [0.1, 0.15) is 11.9 Å². The van der Waals surface area contributed by atoms with Crippen LogP contribution in [0.2, 0.25) is 0 Å². The lowest BCUT2D eigenvalue weighted by Gasteiger charge is -2.37. The Kier molecular flexibility index (Phi) is 7.88. The molecular weight excluding hydrogens is 406 g/mol. The molecule has 0 aromatic heterocycles. The number of fused-ring (bicyclic) bond motifs is 1. The van der Waals surface area contributed by atoms with Crippen LogP contribution in [0.15, 0.2) is 48.5 Å². The number of rotatable bonds is 7. The molecule has 7 heteroatoms. The number of hydrogen-bond donors (Lipinski definition) is 2. The molecule has 7 nitrogen and oxygen atoms in total. The van der Waals surface area contributed by atoms with E-state index in [0.717, 1.165) is 5.56 Å². The molecule has 0 spiro atoms. The second-order valence-corrected chi connectivity index (χ2v) is 8.81. The monoisotopic (exact) mass is 439 g/mol. The van der Waals surface area contributed by atoms with Crippen molar-refractivity contribution in [3.05, 3.63) is 59.7 Å². The maximum Gasteiger partial charge on any atom is 0.258 e. The molecule has 2 amide bonds. The second kappa shape index (κ2) is 10.6. The number of anilines is 1. The Balaban J connectivity index is 1.89. The molecular formula is C25H33N3O4. The summed E-state index contributed by atoms with van der Waals surface area (Å²) in [7, 11) is 3.97. The van der Waals surface area contributed by atoms with E-state index in [1.165, 1.54) is 0 Å². The Morgan fingerprint density at radius 1 is 1.25 bits per heavy atom. The molecule has 32 heavy (non-hydrogen) atoms. The summed E-state index contributed by atoms with van der Waals surface area (Å²) in [6, 6.07) is 14.3. The molecule has 2 aromatic rings. The molecule has 1 aliphatic rings. The van der Waals surface area contributed by atoms with Crippen LogP contribution >= 0.6 is 0 Å². The zero-order valence-electron chi connectivity index (χ0n) is 19.2. The number of nitrogens with zero attached hydrogens (tertiary/aromatic N) is 2. The van der Waals surface area contributed by atoms with Gasteiger partial charge in [0.2, 0.25) is 5.91 Å². The van der Waals surface area contributed by atoms with Crippen LogP contribution in [0.25, 0.3) is 0 Å². The Morgan fingerprint density at radius 2 is 1.97 bits per heavy atom. The van der Waals surface area contributed by atoms with Gasteiger partial charge in [-0.1, -0.05) is 37.3 Å². The quantitative estimate of drug-likeness (QED) is 0.693. The van der Waals surface area contributed by atoms with E-state index in [9.17, 15) is 14.7 Å². The normalized spacial score (nSPS) is 19.6. The van der Waals surface area contributed by atoms with Crippen LogP contribution in [-0.4, -0.2) is 72.7 Å². The van der Waals surface area contributed by atoms with E-state index in [1.807, 2.05) is 51.4 Å². The predicted molar refractivity (Wildman–Crippen MR) is 125 cm³/mol. The fourth-order valence-corrected chi connectivity index (χ4v) is 3.86. The fraction of sp³-hybridized carbons (Fsp3) is 0.440. The highest BCUT2D eigenvalue weighted by atomic mass is 16.5. The van der Waals surface area contributed by atoms with Crippen LogP contribution in [0.1, 0.15) is 29.8 Å². The van der Waals surface area contributed by atoms with Crippen molar-refractivity contribution in [2.45, 2.75) is 32.4 Å². The SMILES string of the molecule is C[C@H]1CN([C@@H](C)CO)C(=O)c2cc(NC(=O)Cc3ccccc3)ccc2O[C@@H]1CN(C)C. The first-order valence-electron chi connectivity index (χ1n) is 11.0. The lowest BCUT2D eigenvalue weighted by molar-refractivity contribution is -0.115. The minimum Gasteiger partial charge on any atom is -0.488 e. The van der Waals surface area contributed by atoms with Crippen molar-refractivity contribution < 1.29 is 19.4 Å². The van der Waals surface area contributed by atoms with Gasteiger partial charge in [-0.05, 0) is 44.8 Å². The lowest BCUT2D eigenvalue weighted by atomic mass is 9.99. The maximum absolute atomic E-state index is 13.4. The Labute approximate surface area is 190 Å². The van der Waals surface area contributed by atoms with Crippen LogP contribution in [0.4, 0.5) is 5.69 Å². The highest BCUT2D eigenvalue weighted by molar-refractivity contribution is 6.00. The summed E-state index contributed by atoms with van der Waals surface area (Å²) >= 11 is 0. The Hall–Kier alpha value is -2.90. The molecule has 0 saturated heterocycles. The van der Waals surface area contributed by atoms with Crippen LogP contribution < -0.4 is 10.1 Å². The summed E-state index contributed by atoms with van der Waals surface area (Å²) in [6.07, 6.45) is 0.127. The number of carbonyl (C=O) groups excluding carboxylic acids is 2. The van der Waals surface area contributed by atoms with Gasteiger partial charge in [-0.25, -0.2) is 0 Å². The third kappa shape index (κ3) is 5.87. The highest BCUT2D eigenvalue weighted by Crippen LogP contribution is 2.30. The molecule has 2 aromatic carbocycles. The van der Waals surface area contributed by atoms with Crippen molar-refractivity contribution in [2.24, 2.45) is 5.92 Å². The van der Waals surface area contributed by atoms with Gasteiger partial charge < -0.3 is 25.0 Å². The first-order chi connectivity index (χ1) is 15.3. The van der Waals surface area contributed by atoms with Crippen molar-refractivity contribution in [3.8, 4) is 5.75 Å². The molecule has 0 radical (unpaired) electrons. The Bertz CT molecular complexity index is 932. The van der Waals surface area contributed by atoms with E-state index >= 15 is 0 Å². The van der Waals surface area contributed by atoms with E-state index in [-0.39, 0.29) is 42.9 Å². The van der Waals surface area contributed by atoms with Gasteiger partial charge in [0.15, 0.2) is 0 Å². The number of aliphatic hydroxyl groups is 1. The van der Waals surface area contributed by atoms with E-state index in [2.05, 4.69) is 17.1 Å². The Morgan fingerprint density at radius 3 is 2.62 bits per heavy atom. The summed E-state index contributed by atoms with van der Waals surface area (Å²) in [4.78, 5) is 29.7. The van der Waals surface area contributed by atoms with Gasteiger partial charge in [-0.2, -0.15) is 0 Å². The van der Waals surface area contributed by atoms with Gasteiger partial charge in [-0.3, -0.25) is 9.59 Å². The van der Waals surface area contributed by atoms with E-state index in [0.29, 0.717) is 30.1 Å². The minimum absolute atomic E-state index is 0.0775. The number of ether oxygens (including phenoxy) is 1. The van der Waals surface area contributed by atoms with Crippen molar-refractivity contribution in [1.29, 1.82) is 0 Å². The van der Waals surface area contributed by atoms with Crippen LogP contribution in [-0.2, 0) is 11.2 Å². The van der Waals surface area contributed by atoms with Gasteiger partial charge in [0.05, 0.1) is 24.6 Å². The van der Waals surface area contributed by atoms with Crippen molar-refractivity contribution in [1.82, 2.24) is 9.80 Å². The average molecular weight is 440 g/mol. The number of nitrogens with one attached hydrogen (secondary N) is 1. The predicted octanol–water partition coefficient (Wildman–Crippen LogP) is 2.65. The summed E-state index contributed by atoms with van der Waals surface area (Å²) < 4.78 is 6.28. The molecule has 1 aliphatic heterocycles. The lowest BCUT2D eigenvalue weighted by Crippen LogP contribution is -2.49. The van der Waals surface area contributed by atoms with Crippen LogP contribution in [0.5, 0.6) is 5.75 Å². The summed E-state index contributed by atoms with van der Waals surface area (Å²) in [5.74, 6) is 0.198. The van der Waals surface area contributed by atoms with Crippen LogP contribution in [0, 0.1) is 5.92 Å². The molecule has 3 rings (SSSR count). The highest BCUT2D eigenvalue weighted by Gasteiger charge is 2.33. The number of carbonyl (C=O) groups is 2. The number of amides is 2. The van der Waals surface area contributed by atoms with Gasteiger partial charge in [0, 0.05) is 24.7 Å².